The molecule has 1 aliphatic rings. The first-order valence-electron chi connectivity index (χ1n) is 6.23. The van der Waals surface area contributed by atoms with E-state index in [2.05, 4.69) is 5.32 Å². The number of nitrogens with one attached hydrogen (secondary N) is 1. The lowest BCUT2D eigenvalue weighted by Gasteiger charge is -2.40. The molecule has 2 rings (SSSR count). The third-order valence-electron chi connectivity index (χ3n) is 3.13. The van der Waals surface area contributed by atoms with Gasteiger partial charge in [0.05, 0.1) is 32.0 Å². The van der Waals surface area contributed by atoms with Gasteiger partial charge in [0.25, 0.3) is 0 Å². The topological polar surface area (TPSA) is 50.8 Å². The van der Waals surface area contributed by atoms with Crippen LogP contribution in [0.15, 0.2) is 18.2 Å². The predicted octanol–water partition coefficient (Wildman–Crippen LogP) is 1.42. The molecule has 0 unspecified atom stereocenters. The lowest BCUT2D eigenvalue weighted by Crippen LogP contribution is -2.60. The van der Waals surface area contributed by atoms with Crippen molar-refractivity contribution in [2.24, 2.45) is 0 Å². The van der Waals surface area contributed by atoms with E-state index in [1.807, 2.05) is 36.9 Å². The van der Waals surface area contributed by atoms with E-state index in [1.165, 1.54) is 0 Å². The highest BCUT2D eigenvalue weighted by Crippen LogP contribution is 2.33. The van der Waals surface area contributed by atoms with Crippen LogP contribution in [0.1, 0.15) is 13.8 Å². The van der Waals surface area contributed by atoms with Crippen molar-refractivity contribution in [2.45, 2.75) is 19.4 Å². The molecule has 5 heteroatoms. The third kappa shape index (κ3) is 2.92. The molecule has 0 spiro atoms. The van der Waals surface area contributed by atoms with Crippen LogP contribution in [0.2, 0.25) is 0 Å². The van der Waals surface area contributed by atoms with Crippen LogP contribution in [0.4, 0.5) is 5.69 Å². The minimum atomic E-state index is -0.250. The molecule has 0 aliphatic carbocycles. The van der Waals surface area contributed by atoms with E-state index in [0.717, 1.165) is 18.0 Å². The van der Waals surface area contributed by atoms with Gasteiger partial charge in [-0.1, -0.05) is 0 Å². The zero-order valence-corrected chi connectivity index (χ0v) is 11.8. The minimum absolute atomic E-state index is 0.0223. The average Bonchev–Trinajstić information content (AvgIpc) is 2.35. The monoisotopic (exact) mass is 264 g/mol. The van der Waals surface area contributed by atoms with Crippen LogP contribution in [0.5, 0.6) is 11.5 Å². The van der Waals surface area contributed by atoms with Crippen molar-refractivity contribution in [3.8, 4) is 11.5 Å². The van der Waals surface area contributed by atoms with E-state index in [4.69, 9.17) is 9.47 Å². The molecule has 104 valence electrons. The van der Waals surface area contributed by atoms with Crippen molar-refractivity contribution in [1.82, 2.24) is 5.32 Å². The number of nitrogens with zero attached hydrogens (tertiary/aromatic N) is 1. The number of ether oxygens (including phenoxy) is 2. The SMILES string of the molecule is COc1ccc(N2CC(=O)NC(C)(C)C2)c(OC)c1. The van der Waals surface area contributed by atoms with E-state index in [9.17, 15) is 4.79 Å². The van der Waals surface area contributed by atoms with Gasteiger partial charge in [-0.25, -0.2) is 0 Å². The predicted molar refractivity (Wildman–Crippen MR) is 74.0 cm³/mol. The number of methoxy groups -OCH3 is 2. The molecule has 1 fully saturated rings. The van der Waals surface area contributed by atoms with Gasteiger partial charge >= 0.3 is 0 Å². The van der Waals surface area contributed by atoms with Gasteiger partial charge in [-0.2, -0.15) is 0 Å². The average molecular weight is 264 g/mol. The van der Waals surface area contributed by atoms with Gasteiger partial charge in [0.2, 0.25) is 5.91 Å². The van der Waals surface area contributed by atoms with Crippen LogP contribution < -0.4 is 19.7 Å². The molecule has 0 bridgehead atoms. The number of carbonyl (C=O) groups is 1. The molecule has 1 N–H and O–H groups in total. The Hall–Kier alpha value is -1.91. The van der Waals surface area contributed by atoms with Crippen molar-refractivity contribution in [3.63, 3.8) is 0 Å². The van der Waals surface area contributed by atoms with E-state index in [1.54, 1.807) is 14.2 Å². The van der Waals surface area contributed by atoms with Gasteiger partial charge < -0.3 is 19.7 Å². The normalized spacial score (nSPS) is 17.9. The molecule has 1 aromatic rings. The fraction of sp³-hybridized carbons (Fsp3) is 0.500. The molecule has 0 atom stereocenters. The number of hydrogen-bond acceptors (Lipinski definition) is 4. The first kappa shape index (κ1) is 13.5. The minimum Gasteiger partial charge on any atom is -0.497 e. The quantitative estimate of drug-likeness (QED) is 0.897. The highest BCUT2D eigenvalue weighted by atomic mass is 16.5. The Morgan fingerprint density at radius 3 is 2.58 bits per heavy atom. The first-order chi connectivity index (χ1) is 8.95. The Labute approximate surface area is 113 Å². The van der Waals surface area contributed by atoms with Crippen molar-refractivity contribution < 1.29 is 14.3 Å². The number of hydrogen-bond donors (Lipinski definition) is 1. The molecule has 1 aliphatic heterocycles. The van der Waals surface area contributed by atoms with Gasteiger partial charge in [-0.15, -0.1) is 0 Å². The second kappa shape index (κ2) is 4.99. The van der Waals surface area contributed by atoms with Crippen LogP contribution in [-0.2, 0) is 4.79 Å². The molecule has 1 aromatic carbocycles. The molecule has 19 heavy (non-hydrogen) atoms. The summed E-state index contributed by atoms with van der Waals surface area (Å²) >= 11 is 0. The molecule has 1 amide bonds. The molecule has 0 radical (unpaired) electrons. The Bertz CT molecular complexity index is 486. The van der Waals surface area contributed by atoms with Crippen LogP contribution in [0, 0.1) is 0 Å². The lowest BCUT2D eigenvalue weighted by atomic mass is 10.0. The van der Waals surface area contributed by atoms with Gasteiger partial charge in [0.1, 0.15) is 11.5 Å². The second-order valence-corrected chi connectivity index (χ2v) is 5.33. The summed E-state index contributed by atoms with van der Waals surface area (Å²) in [7, 11) is 3.24. The van der Waals surface area contributed by atoms with E-state index in [0.29, 0.717) is 12.3 Å². The largest absolute Gasteiger partial charge is 0.497 e. The maximum Gasteiger partial charge on any atom is 0.239 e. The summed E-state index contributed by atoms with van der Waals surface area (Å²) in [6.07, 6.45) is 0. The number of amides is 1. The zero-order chi connectivity index (χ0) is 14.0. The molecular weight excluding hydrogens is 244 g/mol. The van der Waals surface area contributed by atoms with E-state index >= 15 is 0 Å². The van der Waals surface area contributed by atoms with Crippen LogP contribution >= 0.6 is 0 Å². The fourth-order valence-corrected chi connectivity index (χ4v) is 2.38. The molecule has 1 heterocycles. The number of carbonyl (C=O) groups excluding carboxylic acids is 1. The highest BCUT2D eigenvalue weighted by Gasteiger charge is 2.31. The first-order valence-corrected chi connectivity index (χ1v) is 6.23. The highest BCUT2D eigenvalue weighted by molar-refractivity contribution is 5.84. The smallest absolute Gasteiger partial charge is 0.239 e. The Balaban J connectivity index is 2.33. The summed E-state index contributed by atoms with van der Waals surface area (Å²) in [5.74, 6) is 1.47. The summed E-state index contributed by atoms with van der Waals surface area (Å²) in [6, 6.07) is 5.62. The van der Waals surface area contributed by atoms with Crippen molar-refractivity contribution in [2.75, 3.05) is 32.2 Å². The van der Waals surface area contributed by atoms with Crippen LogP contribution in [0.25, 0.3) is 0 Å². The Morgan fingerprint density at radius 1 is 1.26 bits per heavy atom. The van der Waals surface area contributed by atoms with E-state index in [-0.39, 0.29) is 11.4 Å². The Kier molecular flexibility index (Phi) is 3.55. The molecule has 5 nitrogen and oxygen atoms in total. The second-order valence-electron chi connectivity index (χ2n) is 5.33. The summed E-state index contributed by atoms with van der Waals surface area (Å²) in [5.41, 5.74) is 0.659. The molecule has 0 aromatic heterocycles. The van der Waals surface area contributed by atoms with Crippen LogP contribution in [0.3, 0.4) is 0 Å². The summed E-state index contributed by atoms with van der Waals surface area (Å²) < 4.78 is 10.6. The van der Waals surface area contributed by atoms with Crippen molar-refractivity contribution >= 4 is 11.6 Å². The van der Waals surface area contributed by atoms with Gasteiger partial charge in [0, 0.05) is 12.6 Å². The van der Waals surface area contributed by atoms with Gasteiger partial charge in [-0.3, -0.25) is 4.79 Å². The number of anilines is 1. The van der Waals surface area contributed by atoms with Crippen molar-refractivity contribution in [3.05, 3.63) is 18.2 Å². The lowest BCUT2D eigenvalue weighted by molar-refractivity contribution is -0.122. The third-order valence-corrected chi connectivity index (χ3v) is 3.13. The zero-order valence-electron chi connectivity index (χ0n) is 11.8. The molecular formula is C14H20N2O3. The fourth-order valence-electron chi connectivity index (χ4n) is 2.38. The molecule has 0 saturated carbocycles. The van der Waals surface area contributed by atoms with E-state index < -0.39 is 0 Å². The summed E-state index contributed by atoms with van der Waals surface area (Å²) in [5, 5.41) is 2.97. The van der Waals surface area contributed by atoms with Gasteiger partial charge in [0.15, 0.2) is 0 Å². The number of benzene rings is 1. The standard InChI is InChI=1S/C14H20N2O3/c1-14(2)9-16(8-13(17)15-14)11-6-5-10(18-3)7-12(11)19-4/h5-7H,8-9H2,1-4H3,(H,15,17). The molecule has 1 saturated heterocycles. The Morgan fingerprint density at radius 2 is 2.00 bits per heavy atom. The number of rotatable bonds is 3. The summed E-state index contributed by atoms with van der Waals surface area (Å²) in [6.45, 7) is 5.09. The number of piperazine rings is 1. The van der Waals surface area contributed by atoms with Crippen LogP contribution in [-0.4, -0.2) is 38.8 Å². The van der Waals surface area contributed by atoms with Crippen molar-refractivity contribution in [1.29, 1.82) is 0 Å². The van der Waals surface area contributed by atoms with Gasteiger partial charge in [-0.05, 0) is 26.0 Å². The maximum atomic E-state index is 11.8. The maximum absolute atomic E-state index is 11.8. The summed E-state index contributed by atoms with van der Waals surface area (Å²) in [4.78, 5) is 13.8.